The molecule has 0 bridgehead atoms. The molecule has 1 amide bonds. The lowest BCUT2D eigenvalue weighted by atomic mass is 10.1. The van der Waals surface area contributed by atoms with E-state index in [9.17, 15) is 9.18 Å². The Hall–Kier alpha value is -1.42. The van der Waals surface area contributed by atoms with Crippen molar-refractivity contribution in [1.29, 1.82) is 0 Å². The zero-order valence-corrected chi connectivity index (χ0v) is 10.7. The largest absolute Gasteiger partial charge is 0.345 e. The summed E-state index contributed by atoms with van der Waals surface area (Å²) in [7, 11) is 1.82. The van der Waals surface area contributed by atoms with Gasteiger partial charge < -0.3 is 10.2 Å². The molecule has 3 nitrogen and oxygen atoms in total. The number of nitrogens with one attached hydrogen (secondary N) is 1. The van der Waals surface area contributed by atoms with E-state index in [1.807, 2.05) is 13.1 Å². The summed E-state index contributed by atoms with van der Waals surface area (Å²) in [6, 6.07) is 6.55. The Morgan fingerprint density at radius 3 is 3.06 bits per heavy atom. The molecule has 1 aromatic carbocycles. The summed E-state index contributed by atoms with van der Waals surface area (Å²) in [5, 5.41) is 3.19. The van der Waals surface area contributed by atoms with Crippen LogP contribution in [0.3, 0.4) is 0 Å². The molecule has 1 unspecified atom stereocenters. The van der Waals surface area contributed by atoms with Gasteiger partial charge in [-0.25, -0.2) is 4.39 Å². The molecule has 1 N–H and O–H groups in total. The third-order valence-corrected chi connectivity index (χ3v) is 3.41. The smallest absolute Gasteiger partial charge is 0.226 e. The zero-order valence-electron chi connectivity index (χ0n) is 10.7. The Labute approximate surface area is 107 Å². The van der Waals surface area contributed by atoms with Gasteiger partial charge in [-0.2, -0.15) is 0 Å². The standard InChI is InChI=1S/C14H19FN2O/c1-17(14(18)12-5-7-16-10-12)8-6-11-3-2-4-13(15)9-11/h2-4,9,12,16H,5-8,10H2,1H3. The van der Waals surface area contributed by atoms with E-state index in [0.717, 1.165) is 25.1 Å². The van der Waals surface area contributed by atoms with Gasteiger partial charge in [-0.3, -0.25) is 4.79 Å². The van der Waals surface area contributed by atoms with Crippen LogP contribution in [-0.4, -0.2) is 37.5 Å². The SMILES string of the molecule is CN(CCc1cccc(F)c1)C(=O)C1CCNC1. The van der Waals surface area contributed by atoms with E-state index in [1.165, 1.54) is 12.1 Å². The highest BCUT2D eigenvalue weighted by molar-refractivity contribution is 5.79. The summed E-state index contributed by atoms with van der Waals surface area (Å²) in [6.07, 6.45) is 1.61. The average molecular weight is 250 g/mol. The van der Waals surface area contributed by atoms with Crippen molar-refractivity contribution in [2.75, 3.05) is 26.7 Å². The first kappa shape index (κ1) is 13.0. The molecule has 1 aliphatic heterocycles. The second-order valence-electron chi connectivity index (χ2n) is 4.83. The first-order chi connectivity index (χ1) is 8.66. The molecule has 0 aromatic heterocycles. The van der Waals surface area contributed by atoms with Crippen LogP contribution in [0.2, 0.25) is 0 Å². The van der Waals surface area contributed by atoms with Gasteiger partial charge in [0.15, 0.2) is 0 Å². The minimum Gasteiger partial charge on any atom is -0.345 e. The second-order valence-corrected chi connectivity index (χ2v) is 4.83. The van der Waals surface area contributed by atoms with Crippen LogP contribution in [0.15, 0.2) is 24.3 Å². The highest BCUT2D eigenvalue weighted by Gasteiger charge is 2.24. The number of nitrogens with zero attached hydrogens (tertiary/aromatic N) is 1. The van der Waals surface area contributed by atoms with Crippen LogP contribution in [-0.2, 0) is 11.2 Å². The monoisotopic (exact) mass is 250 g/mol. The third-order valence-electron chi connectivity index (χ3n) is 3.41. The fourth-order valence-corrected chi connectivity index (χ4v) is 2.28. The van der Waals surface area contributed by atoms with Crippen LogP contribution in [0.25, 0.3) is 0 Å². The number of amides is 1. The van der Waals surface area contributed by atoms with Gasteiger partial charge in [0.1, 0.15) is 5.82 Å². The van der Waals surface area contributed by atoms with Gasteiger partial charge in [0.25, 0.3) is 0 Å². The lowest BCUT2D eigenvalue weighted by molar-refractivity contribution is -0.133. The van der Waals surface area contributed by atoms with Gasteiger partial charge in [-0.1, -0.05) is 12.1 Å². The van der Waals surface area contributed by atoms with E-state index >= 15 is 0 Å². The highest BCUT2D eigenvalue weighted by atomic mass is 19.1. The Morgan fingerprint density at radius 2 is 2.39 bits per heavy atom. The van der Waals surface area contributed by atoms with Crippen molar-refractivity contribution in [2.24, 2.45) is 5.92 Å². The molecule has 1 aliphatic rings. The number of likely N-dealkylation sites (N-methyl/N-ethyl adjacent to an activating group) is 1. The fourth-order valence-electron chi connectivity index (χ4n) is 2.28. The third kappa shape index (κ3) is 3.29. The van der Waals surface area contributed by atoms with Crippen LogP contribution in [0.1, 0.15) is 12.0 Å². The molecule has 2 rings (SSSR count). The van der Waals surface area contributed by atoms with E-state index in [4.69, 9.17) is 0 Å². The molecule has 0 saturated carbocycles. The molecule has 1 saturated heterocycles. The summed E-state index contributed by atoms with van der Waals surface area (Å²) >= 11 is 0. The van der Waals surface area contributed by atoms with Gasteiger partial charge in [0.05, 0.1) is 5.92 Å². The molecule has 1 atom stereocenters. The molecule has 0 radical (unpaired) electrons. The maximum Gasteiger partial charge on any atom is 0.226 e. The van der Waals surface area contributed by atoms with Crippen molar-refractivity contribution in [3.63, 3.8) is 0 Å². The van der Waals surface area contributed by atoms with Crippen molar-refractivity contribution < 1.29 is 9.18 Å². The summed E-state index contributed by atoms with van der Waals surface area (Å²) in [5.41, 5.74) is 0.930. The number of benzene rings is 1. The Bertz CT molecular complexity index is 416. The maximum absolute atomic E-state index is 13.0. The van der Waals surface area contributed by atoms with Gasteiger partial charge in [0, 0.05) is 20.1 Å². The van der Waals surface area contributed by atoms with Crippen LogP contribution in [0.5, 0.6) is 0 Å². The normalized spacial score (nSPS) is 18.9. The lowest BCUT2D eigenvalue weighted by Crippen LogP contribution is -2.35. The van der Waals surface area contributed by atoms with Crippen molar-refractivity contribution in [3.8, 4) is 0 Å². The number of halogens is 1. The molecule has 98 valence electrons. The van der Waals surface area contributed by atoms with Crippen LogP contribution in [0, 0.1) is 11.7 Å². The zero-order chi connectivity index (χ0) is 13.0. The van der Waals surface area contributed by atoms with Gasteiger partial charge in [0.2, 0.25) is 5.91 Å². The first-order valence-corrected chi connectivity index (χ1v) is 6.37. The molecular weight excluding hydrogens is 231 g/mol. The van der Waals surface area contributed by atoms with Crippen LogP contribution in [0.4, 0.5) is 4.39 Å². The Morgan fingerprint density at radius 1 is 1.56 bits per heavy atom. The molecule has 1 aromatic rings. The average Bonchev–Trinajstić information content (AvgIpc) is 2.89. The Kier molecular flexibility index (Phi) is 4.31. The minimum atomic E-state index is -0.221. The van der Waals surface area contributed by atoms with Crippen LogP contribution < -0.4 is 5.32 Å². The number of hydrogen-bond acceptors (Lipinski definition) is 2. The molecule has 1 heterocycles. The van der Waals surface area contributed by atoms with Crippen molar-refractivity contribution in [3.05, 3.63) is 35.6 Å². The van der Waals surface area contributed by atoms with Crippen LogP contribution >= 0.6 is 0 Å². The van der Waals surface area contributed by atoms with E-state index in [1.54, 1.807) is 11.0 Å². The van der Waals surface area contributed by atoms with Gasteiger partial charge >= 0.3 is 0 Å². The van der Waals surface area contributed by atoms with Gasteiger partial charge in [-0.05, 0) is 37.1 Å². The second kappa shape index (κ2) is 5.96. The van der Waals surface area contributed by atoms with Crippen molar-refractivity contribution >= 4 is 5.91 Å². The first-order valence-electron chi connectivity index (χ1n) is 6.37. The minimum absolute atomic E-state index is 0.113. The number of carbonyl (C=O) groups is 1. The Balaban J connectivity index is 1.84. The maximum atomic E-state index is 13.0. The van der Waals surface area contributed by atoms with E-state index in [-0.39, 0.29) is 17.6 Å². The topological polar surface area (TPSA) is 32.3 Å². The van der Waals surface area contributed by atoms with E-state index < -0.39 is 0 Å². The summed E-state index contributed by atoms with van der Waals surface area (Å²) in [4.78, 5) is 13.8. The highest BCUT2D eigenvalue weighted by Crippen LogP contribution is 2.11. The summed E-state index contributed by atoms with van der Waals surface area (Å²) in [6.45, 7) is 2.34. The van der Waals surface area contributed by atoms with Gasteiger partial charge in [-0.15, -0.1) is 0 Å². The summed E-state index contributed by atoms with van der Waals surface area (Å²) in [5.74, 6) is 0.0837. The molecule has 18 heavy (non-hydrogen) atoms. The molecule has 1 fully saturated rings. The molecular formula is C14H19FN2O. The summed E-state index contributed by atoms with van der Waals surface area (Å²) < 4.78 is 13.0. The van der Waals surface area contributed by atoms with E-state index in [2.05, 4.69) is 5.32 Å². The number of hydrogen-bond donors (Lipinski definition) is 1. The molecule has 0 spiro atoms. The van der Waals surface area contributed by atoms with Crippen molar-refractivity contribution in [1.82, 2.24) is 10.2 Å². The quantitative estimate of drug-likeness (QED) is 0.877. The predicted octanol–water partition coefficient (Wildman–Crippen LogP) is 1.44. The van der Waals surface area contributed by atoms with Crippen molar-refractivity contribution in [2.45, 2.75) is 12.8 Å². The number of carbonyl (C=O) groups excluding carboxylic acids is 1. The fraction of sp³-hybridized carbons (Fsp3) is 0.500. The van der Waals surface area contributed by atoms with E-state index in [0.29, 0.717) is 13.0 Å². The molecule has 4 heteroatoms. The number of rotatable bonds is 4. The predicted molar refractivity (Wildman–Crippen MR) is 68.7 cm³/mol. The molecule has 0 aliphatic carbocycles. The lowest BCUT2D eigenvalue weighted by Gasteiger charge is -2.20.